The van der Waals surface area contributed by atoms with Crippen molar-refractivity contribution in [3.05, 3.63) is 94.6 Å². The standard InChI is InChI=1S/C20H25.C4H5.Sn.2H/c1-2-3-4-5-12-17-20(18-13-8-6-9-14-18)19-15-10-7-11-16-19;1-3-4-2;;;/h6-11,13-16,20H,1-5,12,17H2;3H,1-2H2;;;. The molecule has 2 aromatic carbocycles. The molecule has 2 aromatic rings. The van der Waals surface area contributed by atoms with Crippen molar-refractivity contribution in [1.82, 2.24) is 0 Å². The Labute approximate surface area is 164 Å². The number of hydrogen-bond acceptors (Lipinski definition) is 0. The van der Waals surface area contributed by atoms with E-state index in [9.17, 15) is 0 Å². The molecule has 0 aliphatic rings. The van der Waals surface area contributed by atoms with Crippen molar-refractivity contribution in [2.24, 2.45) is 0 Å². The van der Waals surface area contributed by atoms with E-state index in [0.29, 0.717) is 5.92 Å². The van der Waals surface area contributed by atoms with Gasteiger partial charge in [-0.2, -0.15) is 0 Å². The zero-order valence-corrected chi connectivity index (χ0v) is 19.5. The molecule has 0 aliphatic carbocycles. The fourth-order valence-electron chi connectivity index (χ4n) is 3.41. The summed E-state index contributed by atoms with van der Waals surface area (Å²) < 4.78 is 2.85. The second-order valence-corrected chi connectivity index (χ2v) is 12.9. The van der Waals surface area contributed by atoms with E-state index in [4.69, 9.17) is 0 Å². The van der Waals surface area contributed by atoms with Crippen LogP contribution in [-0.4, -0.2) is 21.1 Å². The number of hydrogen-bond donors (Lipinski definition) is 0. The van der Waals surface area contributed by atoms with Gasteiger partial charge in [0, 0.05) is 0 Å². The molecule has 0 spiro atoms. The number of benzene rings is 2. The SMILES string of the molecule is C=C[C](=C)[SnH2][CH2]CCCCCCC(c1ccccc1)c1ccccc1. The predicted molar refractivity (Wildman–Crippen MR) is 115 cm³/mol. The topological polar surface area (TPSA) is 0 Å². The molecule has 0 heterocycles. The van der Waals surface area contributed by atoms with E-state index >= 15 is 0 Å². The summed E-state index contributed by atoms with van der Waals surface area (Å²) in [4.78, 5) is 0. The molecule has 0 radical (unpaired) electrons. The summed E-state index contributed by atoms with van der Waals surface area (Å²) in [5.41, 5.74) is 2.90. The number of rotatable bonds is 12. The maximum atomic E-state index is 4.07. The first kappa shape index (κ1) is 20.0. The summed E-state index contributed by atoms with van der Waals surface area (Å²) in [6.07, 6.45) is 10.1. The third kappa shape index (κ3) is 7.64. The van der Waals surface area contributed by atoms with Crippen LogP contribution in [0.25, 0.3) is 0 Å². The van der Waals surface area contributed by atoms with Gasteiger partial charge < -0.3 is 0 Å². The molecule has 0 bridgehead atoms. The van der Waals surface area contributed by atoms with E-state index in [2.05, 4.69) is 73.8 Å². The Morgan fingerprint density at radius 3 is 1.88 bits per heavy atom. The minimum atomic E-state index is -0.716. The molecular weight excluding hydrogens is 407 g/mol. The molecule has 0 saturated heterocycles. The van der Waals surface area contributed by atoms with Crippen LogP contribution in [0.5, 0.6) is 0 Å². The van der Waals surface area contributed by atoms with Crippen LogP contribution in [0, 0.1) is 0 Å². The van der Waals surface area contributed by atoms with Crippen molar-refractivity contribution in [3.63, 3.8) is 0 Å². The monoisotopic (exact) mass is 440 g/mol. The van der Waals surface area contributed by atoms with E-state index in [-0.39, 0.29) is 0 Å². The van der Waals surface area contributed by atoms with E-state index in [0.717, 1.165) is 0 Å². The van der Waals surface area contributed by atoms with Gasteiger partial charge in [0.2, 0.25) is 0 Å². The van der Waals surface area contributed by atoms with Gasteiger partial charge in [0.25, 0.3) is 0 Å². The fraction of sp³-hybridized carbons (Fsp3) is 0.333. The Hall–Kier alpha value is -1.28. The van der Waals surface area contributed by atoms with Gasteiger partial charge in [-0.3, -0.25) is 0 Å². The summed E-state index contributed by atoms with van der Waals surface area (Å²) in [6.45, 7) is 7.89. The van der Waals surface area contributed by atoms with Crippen molar-refractivity contribution in [1.29, 1.82) is 0 Å². The Balaban J connectivity index is 1.74. The van der Waals surface area contributed by atoms with Crippen molar-refractivity contribution >= 4 is 21.1 Å². The summed E-state index contributed by atoms with van der Waals surface area (Å²) in [7, 11) is 0. The summed E-state index contributed by atoms with van der Waals surface area (Å²) in [6, 6.07) is 22.0. The van der Waals surface area contributed by atoms with Crippen molar-refractivity contribution in [2.75, 3.05) is 0 Å². The Kier molecular flexibility index (Phi) is 9.72. The Morgan fingerprint density at radius 2 is 1.32 bits per heavy atom. The average Bonchev–Trinajstić information content (AvgIpc) is 2.68. The summed E-state index contributed by atoms with van der Waals surface area (Å²) in [5, 5.41) is 0. The van der Waals surface area contributed by atoms with Crippen LogP contribution in [0.2, 0.25) is 4.44 Å². The van der Waals surface area contributed by atoms with E-state index < -0.39 is 21.1 Å². The molecule has 0 amide bonds. The first-order valence-corrected chi connectivity index (χ1v) is 14.6. The average molecular weight is 439 g/mol. The van der Waals surface area contributed by atoms with Crippen LogP contribution in [0.15, 0.2) is 83.5 Å². The molecule has 0 nitrogen and oxygen atoms in total. The van der Waals surface area contributed by atoms with Crippen LogP contribution in [0.4, 0.5) is 0 Å². The van der Waals surface area contributed by atoms with Crippen molar-refractivity contribution in [2.45, 2.75) is 48.9 Å². The Morgan fingerprint density at radius 1 is 0.800 bits per heavy atom. The number of allylic oxidation sites excluding steroid dienone is 2. The first-order valence-electron chi connectivity index (χ1n) is 9.71. The zero-order chi connectivity index (χ0) is 17.7. The second-order valence-electron chi connectivity index (χ2n) is 6.90. The maximum absolute atomic E-state index is 4.07. The van der Waals surface area contributed by atoms with Gasteiger partial charge in [-0.15, -0.1) is 0 Å². The molecule has 0 aromatic heterocycles. The van der Waals surface area contributed by atoms with Crippen LogP contribution < -0.4 is 0 Å². The van der Waals surface area contributed by atoms with E-state index in [1.165, 1.54) is 57.7 Å². The quantitative estimate of drug-likeness (QED) is 0.203. The first-order chi connectivity index (χ1) is 12.3. The van der Waals surface area contributed by atoms with E-state index in [1.807, 2.05) is 6.08 Å². The molecule has 0 aliphatic heterocycles. The predicted octanol–water partition coefficient (Wildman–Crippen LogP) is 6.45. The van der Waals surface area contributed by atoms with Gasteiger partial charge >= 0.3 is 165 Å². The molecule has 1 heteroatoms. The fourth-order valence-corrected chi connectivity index (χ4v) is 7.01. The van der Waals surface area contributed by atoms with Gasteiger partial charge in [-0.05, 0) is 0 Å². The molecular formula is C24H32Sn. The molecule has 25 heavy (non-hydrogen) atoms. The van der Waals surface area contributed by atoms with Gasteiger partial charge in [-0.1, -0.05) is 0 Å². The molecule has 0 saturated carbocycles. The minimum absolute atomic E-state index is 0.537. The summed E-state index contributed by atoms with van der Waals surface area (Å²) in [5.74, 6) is 0.537. The van der Waals surface area contributed by atoms with Crippen molar-refractivity contribution in [3.8, 4) is 0 Å². The van der Waals surface area contributed by atoms with E-state index in [1.54, 1.807) is 0 Å². The molecule has 0 atom stereocenters. The third-order valence-corrected chi connectivity index (χ3v) is 10.0. The summed E-state index contributed by atoms with van der Waals surface area (Å²) >= 11 is -0.716. The van der Waals surface area contributed by atoms with Crippen LogP contribution in [0.3, 0.4) is 0 Å². The normalized spacial score (nSPS) is 11.2. The molecule has 0 fully saturated rings. The van der Waals surface area contributed by atoms with Gasteiger partial charge in [0.05, 0.1) is 0 Å². The second kappa shape index (κ2) is 12.1. The third-order valence-electron chi connectivity index (χ3n) is 4.93. The molecule has 0 unspecified atom stereocenters. The van der Waals surface area contributed by atoms with Crippen LogP contribution in [0.1, 0.15) is 55.6 Å². The molecule has 0 N–H and O–H groups in total. The van der Waals surface area contributed by atoms with Crippen LogP contribution >= 0.6 is 0 Å². The van der Waals surface area contributed by atoms with Gasteiger partial charge in [0.15, 0.2) is 0 Å². The molecule has 2 rings (SSSR count). The van der Waals surface area contributed by atoms with Gasteiger partial charge in [-0.25, -0.2) is 0 Å². The zero-order valence-electron chi connectivity index (χ0n) is 15.5. The number of unbranched alkanes of at least 4 members (excludes halogenated alkanes) is 4. The van der Waals surface area contributed by atoms with Crippen molar-refractivity contribution < 1.29 is 0 Å². The Bertz CT molecular complexity index is 576. The van der Waals surface area contributed by atoms with Crippen LogP contribution in [-0.2, 0) is 0 Å². The molecule has 132 valence electrons. The van der Waals surface area contributed by atoms with Gasteiger partial charge in [0.1, 0.15) is 0 Å².